The van der Waals surface area contributed by atoms with Crippen molar-refractivity contribution in [3.8, 4) is 0 Å². The van der Waals surface area contributed by atoms with Crippen LogP contribution in [0.3, 0.4) is 0 Å². The van der Waals surface area contributed by atoms with Crippen molar-refractivity contribution in [3.05, 3.63) is 59.4 Å². The first-order valence-corrected chi connectivity index (χ1v) is 6.58. The molecule has 0 spiro atoms. The van der Waals surface area contributed by atoms with E-state index in [2.05, 4.69) is 35.5 Å². The normalized spacial score (nSPS) is 10.0. The third-order valence-corrected chi connectivity index (χ3v) is 3.26. The molecule has 0 unspecified atom stereocenters. The molecule has 2 aromatic rings. The summed E-state index contributed by atoms with van der Waals surface area (Å²) in [7, 11) is 0. The zero-order chi connectivity index (χ0) is 13.7. The standard InChI is InChI=1S/C15H17N3S/c1-11-6-5-8-14(12(11)2)18-15(19)17-10-13-7-3-4-9-16-13/h3-9H,10H2,1-2H3,(H2,17,18,19). The number of nitrogens with zero attached hydrogens (tertiary/aromatic N) is 1. The number of benzene rings is 1. The summed E-state index contributed by atoms with van der Waals surface area (Å²) in [4.78, 5) is 4.24. The summed E-state index contributed by atoms with van der Waals surface area (Å²) in [5, 5.41) is 6.98. The second-order valence-corrected chi connectivity index (χ2v) is 4.78. The van der Waals surface area contributed by atoms with Crippen LogP contribution in [0.5, 0.6) is 0 Å². The number of thiocarbonyl (C=S) groups is 1. The van der Waals surface area contributed by atoms with Crippen LogP contribution in [0.2, 0.25) is 0 Å². The van der Waals surface area contributed by atoms with Gasteiger partial charge in [0, 0.05) is 11.9 Å². The molecule has 0 radical (unpaired) electrons. The Morgan fingerprint density at radius 1 is 1.16 bits per heavy atom. The number of nitrogens with one attached hydrogen (secondary N) is 2. The van der Waals surface area contributed by atoms with E-state index >= 15 is 0 Å². The Kier molecular flexibility index (Phi) is 4.47. The highest BCUT2D eigenvalue weighted by Crippen LogP contribution is 2.17. The zero-order valence-electron chi connectivity index (χ0n) is 11.1. The number of aryl methyl sites for hydroxylation is 1. The van der Waals surface area contributed by atoms with Gasteiger partial charge in [0.1, 0.15) is 0 Å². The number of rotatable bonds is 3. The Labute approximate surface area is 119 Å². The molecular weight excluding hydrogens is 254 g/mol. The number of pyridine rings is 1. The summed E-state index contributed by atoms with van der Waals surface area (Å²) in [5.74, 6) is 0. The first-order valence-electron chi connectivity index (χ1n) is 6.18. The van der Waals surface area contributed by atoms with E-state index in [-0.39, 0.29) is 0 Å². The minimum atomic E-state index is 0.611. The highest BCUT2D eigenvalue weighted by molar-refractivity contribution is 7.80. The van der Waals surface area contributed by atoms with E-state index in [0.29, 0.717) is 11.7 Å². The van der Waals surface area contributed by atoms with Crippen LogP contribution in [-0.2, 0) is 6.54 Å². The van der Waals surface area contributed by atoms with Gasteiger partial charge < -0.3 is 10.6 Å². The summed E-state index contributed by atoms with van der Waals surface area (Å²) in [5.41, 5.74) is 4.47. The molecular formula is C15H17N3S. The van der Waals surface area contributed by atoms with Gasteiger partial charge in [-0.3, -0.25) is 4.98 Å². The fraction of sp³-hybridized carbons (Fsp3) is 0.200. The van der Waals surface area contributed by atoms with Gasteiger partial charge in [0.25, 0.3) is 0 Å². The van der Waals surface area contributed by atoms with Gasteiger partial charge in [0.15, 0.2) is 5.11 Å². The van der Waals surface area contributed by atoms with Crippen molar-refractivity contribution in [1.29, 1.82) is 0 Å². The van der Waals surface area contributed by atoms with Crippen LogP contribution in [0.1, 0.15) is 16.8 Å². The molecule has 0 aliphatic heterocycles. The third kappa shape index (κ3) is 3.76. The Morgan fingerprint density at radius 3 is 2.74 bits per heavy atom. The highest BCUT2D eigenvalue weighted by atomic mass is 32.1. The Hall–Kier alpha value is -1.94. The molecule has 2 N–H and O–H groups in total. The Morgan fingerprint density at radius 2 is 2.00 bits per heavy atom. The van der Waals surface area contributed by atoms with E-state index in [0.717, 1.165) is 11.4 Å². The molecule has 0 aliphatic rings. The van der Waals surface area contributed by atoms with Gasteiger partial charge in [-0.25, -0.2) is 0 Å². The van der Waals surface area contributed by atoms with Crippen LogP contribution < -0.4 is 10.6 Å². The van der Waals surface area contributed by atoms with Crippen molar-refractivity contribution < 1.29 is 0 Å². The van der Waals surface area contributed by atoms with E-state index in [1.807, 2.05) is 30.3 Å². The fourth-order valence-electron chi connectivity index (χ4n) is 1.73. The molecule has 98 valence electrons. The second-order valence-electron chi connectivity index (χ2n) is 4.38. The molecule has 0 saturated carbocycles. The quantitative estimate of drug-likeness (QED) is 0.841. The maximum atomic E-state index is 5.29. The number of aromatic nitrogens is 1. The summed E-state index contributed by atoms with van der Waals surface area (Å²) >= 11 is 5.29. The van der Waals surface area contributed by atoms with Gasteiger partial charge >= 0.3 is 0 Å². The average molecular weight is 271 g/mol. The van der Waals surface area contributed by atoms with Crippen LogP contribution in [0, 0.1) is 13.8 Å². The van der Waals surface area contributed by atoms with Crippen molar-refractivity contribution in [2.24, 2.45) is 0 Å². The van der Waals surface area contributed by atoms with E-state index in [1.54, 1.807) is 6.20 Å². The molecule has 0 bridgehead atoms. The molecule has 3 nitrogen and oxygen atoms in total. The van der Waals surface area contributed by atoms with Crippen molar-refractivity contribution in [3.63, 3.8) is 0 Å². The lowest BCUT2D eigenvalue weighted by Crippen LogP contribution is -2.28. The maximum absolute atomic E-state index is 5.29. The summed E-state index contributed by atoms with van der Waals surface area (Å²) in [6.45, 7) is 4.79. The molecule has 0 fully saturated rings. The van der Waals surface area contributed by atoms with Crippen LogP contribution in [0.15, 0.2) is 42.6 Å². The minimum absolute atomic E-state index is 0.611. The monoisotopic (exact) mass is 271 g/mol. The molecule has 1 heterocycles. The molecule has 1 aromatic carbocycles. The molecule has 0 aliphatic carbocycles. The summed E-state index contributed by atoms with van der Waals surface area (Å²) in [6.07, 6.45) is 1.78. The van der Waals surface area contributed by atoms with E-state index in [1.165, 1.54) is 11.1 Å². The molecule has 0 atom stereocenters. The van der Waals surface area contributed by atoms with Crippen molar-refractivity contribution in [2.75, 3.05) is 5.32 Å². The minimum Gasteiger partial charge on any atom is -0.357 e. The van der Waals surface area contributed by atoms with Crippen LogP contribution >= 0.6 is 12.2 Å². The van der Waals surface area contributed by atoms with Gasteiger partial charge in [-0.2, -0.15) is 0 Å². The summed E-state index contributed by atoms with van der Waals surface area (Å²) in [6, 6.07) is 12.0. The predicted molar refractivity (Wildman–Crippen MR) is 83.2 cm³/mol. The lowest BCUT2D eigenvalue weighted by molar-refractivity contribution is 0.882. The molecule has 4 heteroatoms. The van der Waals surface area contributed by atoms with E-state index < -0.39 is 0 Å². The van der Waals surface area contributed by atoms with Gasteiger partial charge in [-0.05, 0) is 55.4 Å². The number of hydrogen-bond acceptors (Lipinski definition) is 2. The molecule has 2 rings (SSSR count). The average Bonchev–Trinajstić information content (AvgIpc) is 2.43. The molecule has 1 aromatic heterocycles. The van der Waals surface area contributed by atoms with Crippen molar-refractivity contribution >= 4 is 23.0 Å². The first-order chi connectivity index (χ1) is 9.16. The Balaban J connectivity index is 1.93. The molecule has 0 amide bonds. The van der Waals surface area contributed by atoms with E-state index in [9.17, 15) is 0 Å². The highest BCUT2D eigenvalue weighted by Gasteiger charge is 2.02. The molecule has 0 saturated heterocycles. The van der Waals surface area contributed by atoms with Gasteiger partial charge in [-0.1, -0.05) is 18.2 Å². The van der Waals surface area contributed by atoms with E-state index in [4.69, 9.17) is 12.2 Å². The second kappa shape index (κ2) is 6.29. The first kappa shape index (κ1) is 13.5. The topological polar surface area (TPSA) is 37.0 Å². The van der Waals surface area contributed by atoms with Crippen LogP contribution in [-0.4, -0.2) is 10.1 Å². The van der Waals surface area contributed by atoms with Crippen molar-refractivity contribution in [2.45, 2.75) is 20.4 Å². The van der Waals surface area contributed by atoms with Crippen molar-refractivity contribution in [1.82, 2.24) is 10.3 Å². The van der Waals surface area contributed by atoms with Gasteiger partial charge in [0.2, 0.25) is 0 Å². The number of hydrogen-bond donors (Lipinski definition) is 2. The lowest BCUT2D eigenvalue weighted by Gasteiger charge is -2.13. The lowest BCUT2D eigenvalue weighted by atomic mass is 10.1. The fourth-order valence-corrected chi connectivity index (χ4v) is 1.91. The van der Waals surface area contributed by atoms with Gasteiger partial charge in [0.05, 0.1) is 12.2 Å². The van der Waals surface area contributed by atoms with Gasteiger partial charge in [-0.15, -0.1) is 0 Å². The maximum Gasteiger partial charge on any atom is 0.171 e. The number of anilines is 1. The SMILES string of the molecule is Cc1cccc(NC(=S)NCc2ccccn2)c1C. The predicted octanol–water partition coefficient (Wildman–Crippen LogP) is 3.19. The largest absolute Gasteiger partial charge is 0.357 e. The van der Waals surface area contributed by atoms with Crippen LogP contribution in [0.4, 0.5) is 5.69 Å². The Bertz CT molecular complexity index is 567. The van der Waals surface area contributed by atoms with Crippen LogP contribution in [0.25, 0.3) is 0 Å². The molecule has 19 heavy (non-hydrogen) atoms. The third-order valence-electron chi connectivity index (χ3n) is 3.01. The zero-order valence-corrected chi connectivity index (χ0v) is 11.9. The summed E-state index contributed by atoms with van der Waals surface area (Å²) < 4.78 is 0. The smallest absolute Gasteiger partial charge is 0.171 e.